The Morgan fingerprint density at radius 3 is 2.35 bits per heavy atom. The van der Waals surface area contributed by atoms with Gasteiger partial charge in [0.05, 0.1) is 5.56 Å². The second kappa shape index (κ2) is 7.68. The molecule has 2 N–H and O–H groups in total. The lowest BCUT2D eigenvalue weighted by Crippen LogP contribution is -2.39. The topological polar surface area (TPSA) is 55.6 Å². The number of likely N-dealkylation sites (tertiary alicyclic amines) is 1. The Morgan fingerprint density at radius 1 is 1.17 bits per heavy atom. The summed E-state index contributed by atoms with van der Waals surface area (Å²) < 4.78 is 44.0. The summed E-state index contributed by atoms with van der Waals surface area (Å²) in [5, 5.41) is 0. The minimum atomic E-state index is -4.57. The van der Waals surface area contributed by atoms with Crippen LogP contribution in [-0.2, 0) is 4.74 Å². The summed E-state index contributed by atoms with van der Waals surface area (Å²) in [6, 6.07) is 5.62. The first-order chi connectivity index (χ1) is 10.9. The molecule has 1 atom stereocenters. The molecule has 1 aromatic carbocycles. The molecule has 1 heterocycles. The van der Waals surface area contributed by atoms with Gasteiger partial charge in [-0.1, -0.05) is 6.42 Å². The van der Waals surface area contributed by atoms with Gasteiger partial charge in [0.2, 0.25) is 0 Å². The van der Waals surface area contributed by atoms with Gasteiger partial charge in [-0.15, -0.1) is 0 Å². The molecule has 0 unspecified atom stereocenters. The molecule has 7 heteroatoms. The van der Waals surface area contributed by atoms with Crippen LogP contribution in [0.15, 0.2) is 24.3 Å². The standard InChI is InChI=1S/C16H21F3N2O2/c17-16(18,19)14(8-11-21-9-2-1-3-10-21)23-15(22)12-4-6-13(20)7-5-12/h4-7,14H,1-3,8-11,20H2/t14-/m1/s1. The molecule has 128 valence electrons. The Morgan fingerprint density at radius 2 is 1.78 bits per heavy atom. The van der Waals surface area contributed by atoms with Crippen LogP contribution in [0.1, 0.15) is 36.0 Å². The third-order valence-corrected chi connectivity index (χ3v) is 3.92. The zero-order chi connectivity index (χ0) is 16.9. The summed E-state index contributed by atoms with van der Waals surface area (Å²) in [5.41, 5.74) is 5.98. The number of hydrogen-bond acceptors (Lipinski definition) is 4. The summed E-state index contributed by atoms with van der Waals surface area (Å²) in [5.74, 6) is -0.981. The van der Waals surface area contributed by atoms with Crippen LogP contribution in [0.2, 0.25) is 0 Å². The van der Waals surface area contributed by atoms with E-state index < -0.39 is 18.2 Å². The zero-order valence-corrected chi connectivity index (χ0v) is 12.8. The molecule has 1 saturated heterocycles. The number of hydrogen-bond donors (Lipinski definition) is 1. The van der Waals surface area contributed by atoms with Crippen LogP contribution in [0.3, 0.4) is 0 Å². The maximum atomic E-state index is 13.1. The molecule has 0 aromatic heterocycles. The zero-order valence-electron chi connectivity index (χ0n) is 12.8. The van der Waals surface area contributed by atoms with Crippen molar-refractivity contribution in [2.24, 2.45) is 0 Å². The molecule has 0 amide bonds. The monoisotopic (exact) mass is 330 g/mol. The molecular formula is C16H21F3N2O2. The Balaban J connectivity index is 1.95. The summed E-state index contributed by atoms with van der Waals surface area (Å²) >= 11 is 0. The average molecular weight is 330 g/mol. The molecule has 2 rings (SSSR count). The molecule has 0 spiro atoms. The lowest BCUT2D eigenvalue weighted by Gasteiger charge is -2.28. The number of esters is 1. The van der Waals surface area contributed by atoms with Crippen LogP contribution < -0.4 is 5.73 Å². The smallest absolute Gasteiger partial charge is 0.425 e. The van der Waals surface area contributed by atoms with E-state index in [4.69, 9.17) is 10.5 Å². The molecule has 0 radical (unpaired) electrons. The van der Waals surface area contributed by atoms with Gasteiger partial charge in [0, 0.05) is 18.7 Å². The Hall–Kier alpha value is -1.76. The highest BCUT2D eigenvalue weighted by Crippen LogP contribution is 2.27. The lowest BCUT2D eigenvalue weighted by molar-refractivity contribution is -0.206. The number of carbonyl (C=O) groups is 1. The number of piperidine rings is 1. The Kier molecular flexibility index (Phi) is 5.87. The normalized spacial score (nSPS) is 17.7. The molecule has 1 aliphatic rings. The maximum absolute atomic E-state index is 13.1. The van der Waals surface area contributed by atoms with Gasteiger partial charge in [-0.25, -0.2) is 4.79 Å². The van der Waals surface area contributed by atoms with E-state index >= 15 is 0 Å². The van der Waals surface area contributed by atoms with Gasteiger partial charge >= 0.3 is 12.1 Å². The van der Waals surface area contributed by atoms with Crippen LogP contribution in [-0.4, -0.2) is 42.8 Å². The third kappa shape index (κ3) is 5.42. The maximum Gasteiger partial charge on any atom is 0.425 e. The van der Waals surface area contributed by atoms with E-state index in [2.05, 4.69) is 0 Å². The number of halogens is 3. The highest BCUT2D eigenvalue weighted by atomic mass is 19.4. The molecule has 4 nitrogen and oxygen atoms in total. The third-order valence-electron chi connectivity index (χ3n) is 3.92. The second-order valence-corrected chi connectivity index (χ2v) is 5.75. The first kappa shape index (κ1) is 17.6. The van der Waals surface area contributed by atoms with E-state index in [0.717, 1.165) is 32.4 Å². The predicted octanol–water partition coefficient (Wildman–Crippen LogP) is 3.23. The van der Waals surface area contributed by atoms with Crippen molar-refractivity contribution in [3.05, 3.63) is 29.8 Å². The Bertz CT molecular complexity index is 511. The Labute approximate surface area is 133 Å². The molecule has 1 aliphatic heterocycles. The van der Waals surface area contributed by atoms with Crippen LogP contribution in [0.25, 0.3) is 0 Å². The molecule has 0 aliphatic carbocycles. The van der Waals surface area contributed by atoms with E-state index in [1.165, 1.54) is 24.3 Å². The number of carbonyl (C=O) groups excluding carboxylic acids is 1. The molecule has 1 fully saturated rings. The fourth-order valence-corrected chi connectivity index (χ4v) is 2.59. The fraction of sp³-hybridized carbons (Fsp3) is 0.562. The number of rotatable bonds is 5. The molecule has 23 heavy (non-hydrogen) atoms. The number of nitrogens with two attached hydrogens (primary N) is 1. The number of anilines is 1. The van der Waals surface area contributed by atoms with Gasteiger partial charge < -0.3 is 15.4 Å². The van der Waals surface area contributed by atoms with E-state index in [1.54, 1.807) is 0 Å². The average Bonchev–Trinajstić information content (AvgIpc) is 2.51. The minimum Gasteiger partial charge on any atom is -0.449 e. The second-order valence-electron chi connectivity index (χ2n) is 5.75. The van der Waals surface area contributed by atoms with Gasteiger partial charge in [0.15, 0.2) is 6.10 Å². The number of ether oxygens (including phenoxy) is 1. The number of benzene rings is 1. The largest absolute Gasteiger partial charge is 0.449 e. The van der Waals surface area contributed by atoms with E-state index in [9.17, 15) is 18.0 Å². The van der Waals surface area contributed by atoms with Crippen LogP contribution >= 0.6 is 0 Å². The number of alkyl halides is 3. The van der Waals surface area contributed by atoms with Crippen molar-refractivity contribution in [3.63, 3.8) is 0 Å². The van der Waals surface area contributed by atoms with Crippen molar-refractivity contribution in [2.45, 2.75) is 38.0 Å². The lowest BCUT2D eigenvalue weighted by atomic mass is 10.1. The first-order valence-corrected chi connectivity index (χ1v) is 7.72. The van der Waals surface area contributed by atoms with Gasteiger partial charge in [0.1, 0.15) is 0 Å². The van der Waals surface area contributed by atoms with E-state index in [-0.39, 0.29) is 18.5 Å². The van der Waals surface area contributed by atoms with Crippen LogP contribution in [0, 0.1) is 0 Å². The fourth-order valence-electron chi connectivity index (χ4n) is 2.59. The highest BCUT2D eigenvalue weighted by molar-refractivity contribution is 5.89. The molecule has 1 aromatic rings. The highest BCUT2D eigenvalue weighted by Gasteiger charge is 2.42. The van der Waals surface area contributed by atoms with Crippen molar-refractivity contribution in [2.75, 3.05) is 25.4 Å². The van der Waals surface area contributed by atoms with Crippen LogP contribution in [0.4, 0.5) is 18.9 Å². The van der Waals surface area contributed by atoms with Gasteiger partial charge in [0.25, 0.3) is 0 Å². The molecule has 0 saturated carbocycles. The van der Waals surface area contributed by atoms with Gasteiger partial charge in [-0.2, -0.15) is 13.2 Å². The van der Waals surface area contributed by atoms with Gasteiger partial charge in [-0.3, -0.25) is 0 Å². The van der Waals surface area contributed by atoms with Crippen molar-refractivity contribution in [3.8, 4) is 0 Å². The van der Waals surface area contributed by atoms with E-state index in [1.807, 2.05) is 4.90 Å². The van der Waals surface area contributed by atoms with E-state index in [0.29, 0.717) is 5.69 Å². The van der Waals surface area contributed by atoms with Crippen LogP contribution in [0.5, 0.6) is 0 Å². The summed E-state index contributed by atoms with van der Waals surface area (Å²) in [6.45, 7) is 1.88. The van der Waals surface area contributed by atoms with Crippen molar-refractivity contribution < 1.29 is 22.7 Å². The predicted molar refractivity (Wildman–Crippen MR) is 81.0 cm³/mol. The first-order valence-electron chi connectivity index (χ1n) is 7.72. The quantitative estimate of drug-likeness (QED) is 0.665. The molecular weight excluding hydrogens is 309 g/mol. The van der Waals surface area contributed by atoms with Gasteiger partial charge in [-0.05, 0) is 50.2 Å². The molecule has 0 bridgehead atoms. The number of nitrogen functional groups attached to an aromatic ring is 1. The van der Waals surface area contributed by atoms with Crippen molar-refractivity contribution >= 4 is 11.7 Å². The SMILES string of the molecule is Nc1ccc(C(=O)O[C@H](CCN2CCCCC2)C(F)(F)F)cc1. The number of nitrogens with zero attached hydrogens (tertiary/aromatic N) is 1. The minimum absolute atomic E-state index is 0.0615. The van der Waals surface area contributed by atoms with Crippen molar-refractivity contribution in [1.29, 1.82) is 0 Å². The summed E-state index contributed by atoms with van der Waals surface area (Å²) in [7, 11) is 0. The summed E-state index contributed by atoms with van der Waals surface area (Å²) in [6.07, 6.45) is -3.78. The summed E-state index contributed by atoms with van der Waals surface area (Å²) in [4.78, 5) is 13.9. The van der Waals surface area contributed by atoms with Crippen molar-refractivity contribution in [1.82, 2.24) is 4.90 Å².